The van der Waals surface area contributed by atoms with Gasteiger partial charge in [0.1, 0.15) is 0 Å². The van der Waals surface area contributed by atoms with Crippen LogP contribution in [0.3, 0.4) is 0 Å². The van der Waals surface area contributed by atoms with Crippen LogP contribution in [-0.4, -0.2) is 22.0 Å². The minimum atomic E-state index is 0.188. The molecule has 3 atom stereocenters. The average molecular weight is 308 g/mol. The summed E-state index contributed by atoms with van der Waals surface area (Å²) in [6.45, 7) is 2.29. The molecule has 1 aromatic rings. The summed E-state index contributed by atoms with van der Waals surface area (Å²) in [7, 11) is 0. The van der Waals surface area contributed by atoms with Gasteiger partial charge in [0.2, 0.25) is 0 Å². The maximum absolute atomic E-state index is 6.57. The summed E-state index contributed by atoms with van der Waals surface area (Å²) in [5.41, 5.74) is 9.42. The molecule has 2 fully saturated rings. The number of thioether (sulfide) groups is 2. The Morgan fingerprint density at radius 2 is 1.85 bits per heavy atom. The van der Waals surface area contributed by atoms with Gasteiger partial charge in [-0.25, -0.2) is 0 Å². The van der Waals surface area contributed by atoms with Crippen LogP contribution in [0.2, 0.25) is 0 Å². The Labute approximate surface area is 131 Å². The first kappa shape index (κ1) is 14.8. The van der Waals surface area contributed by atoms with Crippen LogP contribution in [0.25, 0.3) is 0 Å². The van der Waals surface area contributed by atoms with E-state index in [2.05, 4.69) is 54.7 Å². The highest BCUT2D eigenvalue weighted by Crippen LogP contribution is 2.40. The van der Waals surface area contributed by atoms with Crippen LogP contribution in [0, 0.1) is 0 Å². The smallest absolute Gasteiger partial charge is 0.0426 e. The maximum atomic E-state index is 6.57. The molecule has 1 saturated carbocycles. The van der Waals surface area contributed by atoms with E-state index in [0.29, 0.717) is 5.25 Å². The molecular formula is C17H25NS2. The van der Waals surface area contributed by atoms with Crippen molar-refractivity contribution < 1.29 is 0 Å². The lowest BCUT2D eigenvalue weighted by Crippen LogP contribution is -2.35. The van der Waals surface area contributed by atoms with E-state index < -0.39 is 0 Å². The van der Waals surface area contributed by atoms with Crippen molar-refractivity contribution in [2.75, 3.05) is 11.5 Å². The van der Waals surface area contributed by atoms with Crippen molar-refractivity contribution in [1.29, 1.82) is 0 Å². The minimum Gasteiger partial charge on any atom is -0.323 e. The number of rotatable bonds is 4. The first-order valence-corrected chi connectivity index (χ1v) is 9.98. The van der Waals surface area contributed by atoms with Crippen molar-refractivity contribution in [1.82, 2.24) is 0 Å². The number of hydrogen-bond donors (Lipinski definition) is 1. The Morgan fingerprint density at radius 3 is 2.45 bits per heavy atom. The van der Waals surface area contributed by atoms with Crippen molar-refractivity contribution in [3.63, 3.8) is 0 Å². The van der Waals surface area contributed by atoms with Gasteiger partial charge in [0.25, 0.3) is 0 Å². The van der Waals surface area contributed by atoms with Crippen LogP contribution >= 0.6 is 23.5 Å². The molecule has 3 rings (SSSR count). The molecule has 1 nitrogen and oxygen atoms in total. The van der Waals surface area contributed by atoms with Gasteiger partial charge in [-0.05, 0) is 36.3 Å². The highest BCUT2D eigenvalue weighted by atomic mass is 32.2. The van der Waals surface area contributed by atoms with Gasteiger partial charge in [-0.1, -0.05) is 37.6 Å². The van der Waals surface area contributed by atoms with Gasteiger partial charge in [0.15, 0.2) is 0 Å². The first-order chi connectivity index (χ1) is 9.79. The fourth-order valence-corrected chi connectivity index (χ4v) is 6.37. The van der Waals surface area contributed by atoms with E-state index >= 15 is 0 Å². The minimum absolute atomic E-state index is 0.188. The van der Waals surface area contributed by atoms with Crippen LogP contribution in [-0.2, 0) is 0 Å². The molecule has 0 aromatic heterocycles. The zero-order valence-corrected chi connectivity index (χ0v) is 13.9. The van der Waals surface area contributed by atoms with Gasteiger partial charge in [-0.3, -0.25) is 0 Å². The summed E-state index contributed by atoms with van der Waals surface area (Å²) in [6.07, 6.45) is 5.38. The van der Waals surface area contributed by atoms with Crippen molar-refractivity contribution in [2.45, 2.75) is 55.1 Å². The molecule has 1 saturated heterocycles. The zero-order valence-electron chi connectivity index (χ0n) is 12.3. The van der Waals surface area contributed by atoms with Gasteiger partial charge < -0.3 is 5.73 Å². The Bertz CT molecular complexity index is 427. The summed E-state index contributed by atoms with van der Waals surface area (Å²) < 4.78 is 0. The zero-order chi connectivity index (χ0) is 13.9. The largest absolute Gasteiger partial charge is 0.323 e. The molecule has 3 heteroatoms. The summed E-state index contributed by atoms with van der Waals surface area (Å²) in [6, 6.07) is 9.39. The molecule has 0 bridgehead atoms. The molecule has 2 N–H and O–H groups in total. The molecule has 110 valence electrons. The van der Waals surface area contributed by atoms with Crippen LogP contribution in [0.4, 0.5) is 0 Å². The van der Waals surface area contributed by atoms with Gasteiger partial charge >= 0.3 is 0 Å². The molecule has 2 aliphatic rings. The second-order valence-electron chi connectivity index (χ2n) is 5.97. The second-order valence-corrected chi connectivity index (χ2v) is 8.61. The van der Waals surface area contributed by atoms with Crippen LogP contribution in [0.15, 0.2) is 24.3 Å². The van der Waals surface area contributed by atoms with Gasteiger partial charge in [0, 0.05) is 28.0 Å². The number of nitrogens with two attached hydrogens (primary N) is 1. The second kappa shape index (κ2) is 6.76. The van der Waals surface area contributed by atoms with Crippen molar-refractivity contribution in [3.8, 4) is 0 Å². The topological polar surface area (TPSA) is 26.0 Å². The Hall–Kier alpha value is -0.120. The van der Waals surface area contributed by atoms with E-state index in [-0.39, 0.29) is 6.04 Å². The van der Waals surface area contributed by atoms with Gasteiger partial charge in [-0.2, -0.15) is 23.5 Å². The molecular weight excluding hydrogens is 282 g/mol. The lowest BCUT2D eigenvalue weighted by Gasteiger charge is -2.34. The van der Waals surface area contributed by atoms with Crippen molar-refractivity contribution in [2.24, 2.45) is 5.73 Å². The maximum Gasteiger partial charge on any atom is 0.0426 e. The van der Waals surface area contributed by atoms with Crippen molar-refractivity contribution >= 4 is 23.5 Å². The van der Waals surface area contributed by atoms with E-state index in [0.717, 1.165) is 11.2 Å². The van der Waals surface area contributed by atoms with E-state index in [4.69, 9.17) is 5.73 Å². The molecule has 1 aromatic carbocycles. The van der Waals surface area contributed by atoms with Gasteiger partial charge in [-0.15, -0.1) is 0 Å². The third-order valence-electron chi connectivity index (χ3n) is 4.75. The third-order valence-corrected chi connectivity index (χ3v) is 8.12. The lowest BCUT2D eigenvalue weighted by atomic mass is 9.80. The average Bonchev–Trinajstić information content (AvgIpc) is 2.45. The number of benzene rings is 1. The normalized spacial score (nSPS) is 28.9. The molecule has 1 heterocycles. The summed E-state index contributed by atoms with van der Waals surface area (Å²) >= 11 is 4.19. The van der Waals surface area contributed by atoms with Gasteiger partial charge in [0.05, 0.1) is 0 Å². The standard InChI is InChI=1S/C17H25NS2/c1-2-15-17(20-11-10-19-15)16(18)14-8-6-13(7-9-14)12-4-3-5-12/h6-9,12,15-17H,2-5,10-11,18H2,1H3. The van der Waals surface area contributed by atoms with E-state index in [1.807, 2.05) is 0 Å². The Kier molecular flexibility index (Phi) is 5.00. The molecule has 0 spiro atoms. The Morgan fingerprint density at radius 1 is 1.15 bits per heavy atom. The quantitative estimate of drug-likeness (QED) is 0.881. The molecule has 1 aliphatic heterocycles. The van der Waals surface area contributed by atoms with E-state index in [1.165, 1.54) is 48.3 Å². The molecule has 0 amide bonds. The predicted octanol–water partition coefficient (Wildman–Crippen LogP) is 4.58. The predicted molar refractivity (Wildman–Crippen MR) is 92.7 cm³/mol. The van der Waals surface area contributed by atoms with Crippen LogP contribution in [0.5, 0.6) is 0 Å². The lowest BCUT2D eigenvalue weighted by molar-refractivity contribution is 0.419. The molecule has 3 unspecified atom stereocenters. The van der Waals surface area contributed by atoms with E-state index in [1.54, 1.807) is 0 Å². The molecule has 0 radical (unpaired) electrons. The van der Waals surface area contributed by atoms with Crippen LogP contribution in [0.1, 0.15) is 55.7 Å². The number of hydrogen-bond acceptors (Lipinski definition) is 3. The fraction of sp³-hybridized carbons (Fsp3) is 0.647. The summed E-state index contributed by atoms with van der Waals surface area (Å²) in [4.78, 5) is 0. The summed E-state index contributed by atoms with van der Waals surface area (Å²) in [5.74, 6) is 3.36. The highest BCUT2D eigenvalue weighted by Gasteiger charge is 2.31. The third kappa shape index (κ3) is 3.05. The summed E-state index contributed by atoms with van der Waals surface area (Å²) in [5, 5.41) is 1.29. The monoisotopic (exact) mass is 307 g/mol. The highest BCUT2D eigenvalue weighted by molar-refractivity contribution is 8.07. The fourth-order valence-electron chi connectivity index (χ4n) is 3.19. The van der Waals surface area contributed by atoms with Crippen molar-refractivity contribution in [3.05, 3.63) is 35.4 Å². The molecule has 20 heavy (non-hydrogen) atoms. The molecule has 1 aliphatic carbocycles. The van der Waals surface area contributed by atoms with Crippen LogP contribution < -0.4 is 5.73 Å². The first-order valence-electron chi connectivity index (χ1n) is 7.88. The Balaban J connectivity index is 1.70. The van der Waals surface area contributed by atoms with E-state index in [9.17, 15) is 0 Å². The SMILES string of the molecule is CCC1SCCSC1C(N)c1ccc(C2CCC2)cc1.